The summed E-state index contributed by atoms with van der Waals surface area (Å²) in [6.07, 6.45) is 0. The van der Waals surface area contributed by atoms with Crippen molar-refractivity contribution in [3.05, 3.63) is 124 Å². The maximum absolute atomic E-state index is 13.4. The number of thioether (sulfide) groups is 1. The maximum Gasteiger partial charge on any atom is 0.255 e. The largest absolute Gasteiger partial charge is 0.323 e. The first-order valence-corrected chi connectivity index (χ1v) is 12.5. The van der Waals surface area contributed by atoms with Crippen molar-refractivity contribution in [3.8, 4) is 0 Å². The quantitative estimate of drug-likeness (QED) is 0.242. The van der Waals surface area contributed by atoms with Crippen molar-refractivity contribution < 1.29 is 9.59 Å². The van der Waals surface area contributed by atoms with Gasteiger partial charge >= 0.3 is 0 Å². The standard InChI is InChI=1S/C28H22Cl2N2O2S/c1-18-8-5-11-20(16-18)27(33)31-21-12-6-13-22(17-21)35-26(19-9-3-2-4-10-19)28(34)32-24-15-7-14-23(29)25(24)30/h2-17,26H,1H3,(H,31,33)(H,32,34). The fourth-order valence-corrected chi connectivity index (χ4v) is 4.90. The smallest absolute Gasteiger partial charge is 0.255 e. The van der Waals surface area contributed by atoms with Crippen molar-refractivity contribution in [1.29, 1.82) is 0 Å². The van der Waals surface area contributed by atoms with E-state index in [2.05, 4.69) is 10.6 Å². The molecule has 0 aliphatic heterocycles. The van der Waals surface area contributed by atoms with Crippen molar-refractivity contribution in [2.45, 2.75) is 17.1 Å². The Morgan fingerprint density at radius 3 is 2.31 bits per heavy atom. The molecule has 0 radical (unpaired) electrons. The number of nitrogens with one attached hydrogen (secondary N) is 2. The van der Waals surface area contributed by atoms with Crippen LogP contribution in [-0.2, 0) is 4.79 Å². The summed E-state index contributed by atoms with van der Waals surface area (Å²) in [7, 11) is 0. The molecule has 0 aliphatic rings. The van der Waals surface area contributed by atoms with Gasteiger partial charge in [-0.25, -0.2) is 0 Å². The van der Waals surface area contributed by atoms with E-state index in [0.717, 1.165) is 16.0 Å². The van der Waals surface area contributed by atoms with Crippen LogP contribution in [0.25, 0.3) is 0 Å². The van der Waals surface area contributed by atoms with Crippen LogP contribution < -0.4 is 10.6 Å². The SMILES string of the molecule is Cc1cccc(C(=O)Nc2cccc(SC(C(=O)Nc3cccc(Cl)c3Cl)c3ccccc3)c2)c1. The summed E-state index contributed by atoms with van der Waals surface area (Å²) in [5.41, 5.74) is 3.53. The van der Waals surface area contributed by atoms with Gasteiger partial charge in [0, 0.05) is 16.1 Å². The number of amides is 2. The Bertz CT molecular complexity index is 1360. The summed E-state index contributed by atoms with van der Waals surface area (Å²) in [5, 5.41) is 5.93. The average Bonchev–Trinajstić information content (AvgIpc) is 2.86. The number of anilines is 2. The first-order valence-electron chi connectivity index (χ1n) is 10.9. The van der Waals surface area contributed by atoms with Crippen molar-refractivity contribution in [2.24, 2.45) is 0 Å². The Hall–Kier alpha value is -3.25. The predicted octanol–water partition coefficient (Wildman–Crippen LogP) is 8.03. The number of hydrogen-bond acceptors (Lipinski definition) is 3. The summed E-state index contributed by atoms with van der Waals surface area (Å²) < 4.78 is 0. The fraction of sp³-hybridized carbons (Fsp3) is 0.0714. The highest BCUT2D eigenvalue weighted by molar-refractivity contribution is 8.00. The molecule has 0 spiro atoms. The molecule has 7 heteroatoms. The lowest BCUT2D eigenvalue weighted by molar-refractivity contribution is -0.115. The number of rotatable bonds is 7. The number of halogens is 2. The second-order valence-electron chi connectivity index (χ2n) is 7.85. The Morgan fingerprint density at radius 2 is 1.54 bits per heavy atom. The molecule has 0 aromatic heterocycles. The van der Waals surface area contributed by atoms with Crippen molar-refractivity contribution >= 4 is 58.2 Å². The lowest BCUT2D eigenvalue weighted by atomic mass is 10.1. The molecular weight excluding hydrogens is 499 g/mol. The number of carbonyl (C=O) groups excluding carboxylic acids is 2. The van der Waals surface area contributed by atoms with Crippen LogP contribution in [0, 0.1) is 6.92 Å². The van der Waals surface area contributed by atoms with Crippen LogP contribution in [0.5, 0.6) is 0 Å². The lowest BCUT2D eigenvalue weighted by Gasteiger charge is -2.18. The Balaban J connectivity index is 1.56. The monoisotopic (exact) mass is 520 g/mol. The summed E-state index contributed by atoms with van der Waals surface area (Å²) in [6, 6.07) is 29.4. The second-order valence-corrected chi connectivity index (χ2v) is 9.81. The van der Waals surface area contributed by atoms with Gasteiger partial charge in [0.25, 0.3) is 5.91 Å². The van der Waals surface area contributed by atoms with E-state index in [4.69, 9.17) is 23.2 Å². The van der Waals surface area contributed by atoms with Gasteiger partial charge in [-0.3, -0.25) is 9.59 Å². The molecule has 0 fully saturated rings. The minimum atomic E-state index is -0.561. The van der Waals surface area contributed by atoms with E-state index < -0.39 is 5.25 Å². The van der Waals surface area contributed by atoms with Crippen LogP contribution in [0.15, 0.2) is 102 Å². The van der Waals surface area contributed by atoms with Crippen molar-refractivity contribution in [3.63, 3.8) is 0 Å². The summed E-state index contributed by atoms with van der Waals surface area (Å²) in [4.78, 5) is 26.9. The Labute approximate surface area is 218 Å². The minimum Gasteiger partial charge on any atom is -0.323 e. The van der Waals surface area contributed by atoms with Gasteiger partial charge in [0.05, 0.1) is 15.7 Å². The number of aryl methyl sites for hydroxylation is 1. The molecule has 4 nitrogen and oxygen atoms in total. The van der Waals surface area contributed by atoms with Gasteiger partial charge in [0.2, 0.25) is 5.91 Å². The molecule has 0 saturated heterocycles. The molecule has 2 amide bonds. The van der Waals surface area contributed by atoms with Gasteiger partial charge in [-0.05, 0) is 55.0 Å². The van der Waals surface area contributed by atoms with Gasteiger partial charge < -0.3 is 10.6 Å². The van der Waals surface area contributed by atoms with E-state index in [-0.39, 0.29) is 11.8 Å². The van der Waals surface area contributed by atoms with Gasteiger partial charge in [0.1, 0.15) is 5.25 Å². The molecule has 4 rings (SSSR count). The van der Waals surface area contributed by atoms with Crippen LogP contribution >= 0.6 is 35.0 Å². The molecule has 0 aliphatic carbocycles. The Kier molecular flexibility index (Phi) is 8.13. The molecule has 4 aromatic carbocycles. The molecule has 1 atom stereocenters. The van der Waals surface area contributed by atoms with Crippen LogP contribution in [0.4, 0.5) is 11.4 Å². The third-order valence-electron chi connectivity index (χ3n) is 5.18. The number of carbonyl (C=O) groups is 2. The molecule has 4 aromatic rings. The average molecular weight is 521 g/mol. The fourth-order valence-electron chi connectivity index (χ4n) is 3.47. The molecule has 0 heterocycles. The van der Waals surface area contributed by atoms with Crippen LogP contribution in [0.2, 0.25) is 10.0 Å². The summed E-state index contributed by atoms with van der Waals surface area (Å²) in [5.74, 6) is -0.427. The van der Waals surface area contributed by atoms with E-state index in [0.29, 0.717) is 27.0 Å². The zero-order valence-electron chi connectivity index (χ0n) is 18.8. The normalized spacial score (nSPS) is 11.5. The second kappa shape index (κ2) is 11.5. The highest BCUT2D eigenvalue weighted by Crippen LogP contribution is 2.38. The van der Waals surface area contributed by atoms with Crippen LogP contribution in [-0.4, -0.2) is 11.8 Å². The van der Waals surface area contributed by atoms with E-state index >= 15 is 0 Å². The third-order valence-corrected chi connectivity index (χ3v) is 7.24. The molecule has 2 N–H and O–H groups in total. The molecule has 0 bridgehead atoms. The molecular formula is C28H22Cl2N2O2S. The molecule has 176 valence electrons. The van der Waals surface area contributed by atoms with E-state index in [1.165, 1.54) is 11.8 Å². The van der Waals surface area contributed by atoms with Gasteiger partial charge in [-0.15, -0.1) is 11.8 Å². The van der Waals surface area contributed by atoms with Gasteiger partial charge in [-0.2, -0.15) is 0 Å². The highest BCUT2D eigenvalue weighted by Gasteiger charge is 2.23. The number of hydrogen-bond donors (Lipinski definition) is 2. The topological polar surface area (TPSA) is 58.2 Å². The van der Waals surface area contributed by atoms with E-state index in [9.17, 15) is 9.59 Å². The van der Waals surface area contributed by atoms with Crippen molar-refractivity contribution in [1.82, 2.24) is 0 Å². The summed E-state index contributed by atoms with van der Waals surface area (Å²) >= 11 is 13.8. The summed E-state index contributed by atoms with van der Waals surface area (Å²) in [6.45, 7) is 1.94. The van der Waals surface area contributed by atoms with E-state index in [1.807, 2.05) is 79.7 Å². The Morgan fingerprint density at radius 1 is 0.800 bits per heavy atom. The lowest BCUT2D eigenvalue weighted by Crippen LogP contribution is -2.19. The van der Waals surface area contributed by atoms with Gasteiger partial charge in [-0.1, -0.05) is 83.4 Å². The first-order chi connectivity index (χ1) is 16.9. The number of benzene rings is 4. The van der Waals surface area contributed by atoms with Gasteiger partial charge in [0.15, 0.2) is 0 Å². The predicted molar refractivity (Wildman–Crippen MR) is 146 cm³/mol. The van der Waals surface area contributed by atoms with Crippen LogP contribution in [0.1, 0.15) is 26.7 Å². The third kappa shape index (κ3) is 6.45. The zero-order valence-corrected chi connectivity index (χ0v) is 21.1. The first kappa shape index (κ1) is 24.9. The highest BCUT2D eigenvalue weighted by atomic mass is 35.5. The molecule has 35 heavy (non-hydrogen) atoms. The van der Waals surface area contributed by atoms with E-state index in [1.54, 1.807) is 24.3 Å². The molecule has 0 saturated carbocycles. The minimum absolute atomic E-state index is 0.191. The maximum atomic E-state index is 13.4. The molecule has 1 unspecified atom stereocenters. The zero-order chi connectivity index (χ0) is 24.8. The van der Waals surface area contributed by atoms with Crippen LogP contribution in [0.3, 0.4) is 0 Å². The van der Waals surface area contributed by atoms with Crippen molar-refractivity contribution in [2.75, 3.05) is 10.6 Å².